The van der Waals surface area contributed by atoms with Gasteiger partial charge in [0.05, 0.1) is 23.5 Å². The maximum atomic E-state index is 12.4. The summed E-state index contributed by atoms with van der Waals surface area (Å²) in [5, 5.41) is 4.95. The van der Waals surface area contributed by atoms with Crippen molar-refractivity contribution in [1.82, 2.24) is 19.7 Å². The quantitative estimate of drug-likeness (QED) is 0.724. The minimum atomic E-state index is -0.579. The van der Waals surface area contributed by atoms with Gasteiger partial charge in [0.15, 0.2) is 0 Å². The Bertz CT molecular complexity index is 978. The van der Waals surface area contributed by atoms with Gasteiger partial charge in [0.1, 0.15) is 11.9 Å². The molecule has 25 heavy (non-hydrogen) atoms. The number of aromatic nitrogens is 4. The first kappa shape index (κ1) is 16.6. The van der Waals surface area contributed by atoms with E-state index in [2.05, 4.69) is 15.1 Å². The predicted octanol–water partition coefficient (Wildman–Crippen LogP) is 1.69. The number of nitrogens with zero attached hydrogens (tertiary/aromatic N) is 4. The van der Waals surface area contributed by atoms with Crippen LogP contribution >= 0.6 is 0 Å². The summed E-state index contributed by atoms with van der Waals surface area (Å²) < 4.78 is 6.89. The average molecular weight is 339 g/mol. The Hall–Kier alpha value is -3.29. The first-order valence-electron chi connectivity index (χ1n) is 7.65. The molecule has 0 saturated carbocycles. The van der Waals surface area contributed by atoms with Crippen LogP contribution in [-0.2, 0) is 11.8 Å². The fourth-order valence-corrected chi connectivity index (χ4v) is 2.56. The Balaban J connectivity index is 2.27. The summed E-state index contributed by atoms with van der Waals surface area (Å²) in [6.07, 6.45) is 4.10. The second kappa shape index (κ2) is 6.31. The molecule has 0 spiro atoms. The zero-order valence-corrected chi connectivity index (χ0v) is 14.1. The highest BCUT2D eigenvalue weighted by molar-refractivity contribution is 6.06. The molecule has 0 bridgehead atoms. The van der Waals surface area contributed by atoms with Crippen molar-refractivity contribution in [3.8, 4) is 11.3 Å². The largest absolute Gasteiger partial charge is 0.459 e. The van der Waals surface area contributed by atoms with Gasteiger partial charge in [-0.05, 0) is 26.0 Å². The number of carbonyl (C=O) groups excluding carboxylic acids is 2. The van der Waals surface area contributed by atoms with Gasteiger partial charge in [-0.1, -0.05) is 0 Å². The molecule has 2 aromatic heterocycles. The maximum absolute atomic E-state index is 12.4. The summed E-state index contributed by atoms with van der Waals surface area (Å²) in [4.78, 5) is 32.2. The van der Waals surface area contributed by atoms with Gasteiger partial charge >= 0.3 is 5.97 Å². The topological polar surface area (TPSA) is 113 Å². The van der Waals surface area contributed by atoms with Gasteiger partial charge in [0.25, 0.3) is 0 Å². The zero-order valence-electron chi connectivity index (χ0n) is 14.1. The summed E-state index contributed by atoms with van der Waals surface area (Å²) in [7, 11) is 1.75. The lowest BCUT2D eigenvalue weighted by molar-refractivity contribution is 0.0378. The van der Waals surface area contributed by atoms with Gasteiger partial charge in [0, 0.05) is 29.8 Å². The van der Waals surface area contributed by atoms with Crippen LogP contribution in [0.5, 0.6) is 0 Å². The van der Waals surface area contributed by atoms with Crippen LogP contribution in [0.1, 0.15) is 34.6 Å². The van der Waals surface area contributed by atoms with Crippen LogP contribution in [0.2, 0.25) is 0 Å². The summed E-state index contributed by atoms with van der Waals surface area (Å²) in [6.45, 7) is 3.52. The van der Waals surface area contributed by atoms with Crippen LogP contribution in [0.4, 0.5) is 0 Å². The van der Waals surface area contributed by atoms with Crippen molar-refractivity contribution in [2.24, 2.45) is 12.8 Å². The Morgan fingerprint density at radius 3 is 2.68 bits per heavy atom. The van der Waals surface area contributed by atoms with Crippen LogP contribution in [0.15, 0.2) is 30.9 Å². The second-order valence-corrected chi connectivity index (χ2v) is 5.83. The fraction of sp³-hybridized carbons (Fsp3) is 0.235. The highest BCUT2D eigenvalue weighted by Crippen LogP contribution is 2.31. The van der Waals surface area contributed by atoms with Crippen molar-refractivity contribution in [2.45, 2.75) is 20.0 Å². The molecule has 1 aromatic carbocycles. The third-order valence-electron chi connectivity index (χ3n) is 3.68. The number of primary amides is 1. The predicted molar refractivity (Wildman–Crippen MR) is 90.8 cm³/mol. The molecule has 8 heteroatoms. The monoisotopic (exact) mass is 339 g/mol. The van der Waals surface area contributed by atoms with Crippen LogP contribution in [-0.4, -0.2) is 37.7 Å². The molecule has 0 aliphatic heterocycles. The number of amides is 1. The maximum Gasteiger partial charge on any atom is 0.342 e. The number of fused-ring (bicyclic) bond motifs is 1. The summed E-state index contributed by atoms with van der Waals surface area (Å²) in [5.41, 5.74) is 7.58. The molecule has 0 unspecified atom stereocenters. The highest BCUT2D eigenvalue weighted by Gasteiger charge is 2.21. The van der Waals surface area contributed by atoms with Gasteiger partial charge in [0.2, 0.25) is 5.91 Å². The van der Waals surface area contributed by atoms with E-state index in [0.29, 0.717) is 22.3 Å². The number of carbonyl (C=O) groups is 2. The van der Waals surface area contributed by atoms with E-state index in [1.807, 2.05) is 0 Å². The summed E-state index contributed by atoms with van der Waals surface area (Å²) in [6, 6.07) is 3.25. The SMILES string of the molecule is CC(C)OC(=O)c1cncnc1-c1cc(C(N)=O)cc2c1cnn2C. The number of nitrogens with two attached hydrogens (primary N) is 1. The van der Waals surface area contributed by atoms with Crippen molar-refractivity contribution < 1.29 is 14.3 Å². The van der Waals surface area contributed by atoms with E-state index in [0.717, 1.165) is 5.39 Å². The summed E-state index contributed by atoms with van der Waals surface area (Å²) in [5.74, 6) is -1.11. The van der Waals surface area contributed by atoms with Crippen molar-refractivity contribution in [1.29, 1.82) is 0 Å². The molecule has 0 atom stereocenters. The number of hydrogen-bond acceptors (Lipinski definition) is 6. The van der Waals surface area contributed by atoms with Gasteiger partial charge in [-0.3, -0.25) is 9.48 Å². The van der Waals surface area contributed by atoms with E-state index in [1.54, 1.807) is 43.9 Å². The zero-order chi connectivity index (χ0) is 18.1. The van der Waals surface area contributed by atoms with Crippen molar-refractivity contribution in [3.05, 3.63) is 42.0 Å². The molecule has 0 aliphatic carbocycles. The van der Waals surface area contributed by atoms with Crippen LogP contribution in [0, 0.1) is 0 Å². The number of esters is 1. The van der Waals surface area contributed by atoms with Gasteiger partial charge in [-0.15, -0.1) is 0 Å². The van der Waals surface area contributed by atoms with Crippen molar-refractivity contribution in [3.63, 3.8) is 0 Å². The van der Waals surface area contributed by atoms with Crippen molar-refractivity contribution in [2.75, 3.05) is 0 Å². The Morgan fingerprint density at radius 2 is 2.00 bits per heavy atom. The number of ether oxygens (including phenoxy) is 1. The Kier molecular flexibility index (Phi) is 4.18. The molecule has 0 saturated heterocycles. The lowest BCUT2D eigenvalue weighted by atomic mass is 10.00. The molecule has 0 aliphatic rings. The molecule has 128 valence electrons. The minimum absolute atomic E-state index is 0.211. The minimum Gasteiger partial charge on any atom is -0.459 e. The van der Waals surface area contributed by atoms with Gasteiger partial charge in [-0.25, -0.2) is 14.8 Å². The third-order valence-corrected chi connectivity index (χ3v) is 3.68. The number of rotatable bonds is 4. The van der Waals surface area contributed by atoms with Crippen LogP contribution in [0.25, 0.3) is 22.2 Å². The van der Waals surface area contributed by atoms with E-state index in [1.165, 1.54) is 12.5 Å². The smallest absolute Gasteiger partial charge is 0.342 e. The lowest BCUT2D eigenvalue weighted by Crippen LogP contribution is -2.14. The van der Waals surface area contributed by atoms with E-state index >= 15 is 0 Å². The summed E-state index contributed by atoms with van der Waals surface area (Å²) >= 11 is 0. The van der Waals surface area contributed by atoms with E-state index < -0.39 is 11.9 Å². The number of aryl methyl sites for hydroxylation is 1. The van der Waals surface area contributed by atoms with Gasteiger partial charge in [-0.2, -0.15) is 5.10 Å². The van der Waals surface area contributed by atoms with E-state index in [4.69, 9.17) is 10.5 Å². The third kappa shape index (κ3) is 3.06. The first-order valence-corrected chi connectivity index (χ1v) is 7.65. The average Bonchev–Trinajstić information content (AvgIpc) is 2.94. The first-order chi connectivity index (χ1) is 11.9. The lowest BCUT2D eigenvalue weighted by Gasteiger charge is -2.12. The van der Waals surface area contributed by atoms with E-state index in [-0.39, 0.29) is 11.7 Å². The highest BCUT2D eigenvalue weighted by atomic mass is 16.5. The molecule has 2 N–H and O–H groups in total. The van der Waals surface area contributed by atoms with Crippen molar-refractivity contribution >= 4 is 22.8 Å². The molecule has 1 amide bonds. The Labute approximate surface area is 143 Å². The normalized spacial score (nSPS) is 11.0. The molecule has 0 fully saturated rings. The van der Waals surface area contributed by atoms with E-state index in [9.17, 15) is 9.59 Å². The molecule has 2 heterocycles. The molecule has 3 aromatic rings. The van der Waals surface area contributed by atoms with Crippen LogP contribution in [0.3, 0.4) is 0 Å². The molecular formula is C17H17N5O3. The Morgan fingerprint density at radius 1 is 1.24 bits per heavy atom. The molecule has 8 nitrogen and oxygen atoms in total. The molecule has 0 radical (unpaired) electrons. The number of benzene rings is 1. The number of hydrogen-bond donors (Lipinski definition) is 1. The molecular weight excluding hydrogens is 322 g/mol. The second-order valence-electron chi connectivity index (χ2n) is 5.83. The van der Waals surface area contributed by atoms with Gasteiger partial charge < -0.3 is 10.5 Å². The molecule has 3 rings (SSSR count). The fourth-order valence-electron chi connectivity index (χ4n) is 2.56. The standard InChI is InChI=1S/C17H17N5O3/c1-9(2)25-17(24)13-6-19-8-20-15(13)11-4-10(16(18)23)5-14-12(11)7-21-22(14)3/h4-9H,1-3H3,(H2,18,23). The van der Waals surface area contributed by atoms with Crippen LogP contribution < -0.4 is 5.73 Å².